The third-order valence-electron chi connectivity index (χ3n) is 5.30. The van der Waals surface area contributed by atoms with Crippen LogP contribution < -0.4 is 5.43 Å². The zero-order valence-corrected chi connectivity index (χ0v) is 11.5. The number of nitrogens with one attached hydrogen (secondary N) is 1. The maximum Gasteiger partial charge on any atom is 0.240 e. The Morgan fingerprint density at radius 1 is 1.47 bits per heavy atom. The fourth-order valence-electron chi connectivity index (χ4n) is 3.51. The lowest BCUT2D eigenvalue weighted by atomic mass is 9.70. The standard InChI is InChI=1S/C14H24N2O/c1-5-6-12(17)16-15-11-9-10-7-8-14(11,4)13(10,2)3/h10H,5-9H2,1-4H3,(H,16,17)/b15-11+/t10-,14+/m1/s1. The van der Waals surface area contributed by atoms with E-state index in [0.29, 0.717) is 11.8 Å². The van der Waals surface area contributed by atoms with Crippen molar-refractivity contribution < 1.29 is 4.79 Å². The Balaban J connectivity index is 2.10. The number of hydrogen-bond donors (Lipinski definition) is 1. The number of hydrazone groups is 1. The molecule has 0 spiro atoms. The van der Waals surface area contributed by atoms with Crippen LogP contribution >= 0.6 is 0 Å². The van der Waals surface area contributed by atoms with Crippen molar-refractivity contribution in [3.8, 4) is 0 Å². The summed E-state index contributed by atoms with van der Waals surface area (Å²) in [5.74, 6) is 0.790. The van der Waals surface area contributed by atoms with Crippen LogP contribution in [0.4, 0.5) is 0 Å². The van der Waals surface area contributed by atoms with Crippen molar-refractivity contribution in [2.24, 2.45) is 21.8 Å². The number of nitrogens with zero attached hydrogens (tertiary/aromatic N) is 1. The summed E-state index contributed by atoms with van der Waals surface area (Å²) in [6.45, 7) is 9.02. The molecule has 2 saturated carbocycles. The zero-order valence-electron chi connectivity index (χ0n) is 11.5. The molecule has 2 fully saturated rings. The zero-order chi connectivity index (χ0) is 12.7. The molecule has 2 aliphatic carbocycles. The highest BCUT2D eigenvalue weighted by Gasteiger charge is 2.59. The second-order valence-electron chi connectivity index (χ2n) is 6.34. The topological polar surface area (TPSA) is 41.5 Å². The molecule has 0 aromatic carbocycles. The number of hydrogen-bond acceptors (Lipinski definition) is 2. The summed E-state index contributed by atoms with van der Waals surface area (Å²) >= 11 is 0. The van der Waals surface area contributed by atoms with Crippen LogP contribution in [0.25, 0.3) is 0 Å². The van der Waals surface area contributed by atoms with E-state index in [1.165, 1.54) is 18.6 Å². The fourth-order valence-corrected chi connectivity index (χ4v) is 3.51. The molecule has 1 N–H and O–H groups in total. The van der Waals surface area contributed by atoms with Gasteiger partial charge in [0.05, 0.1) is 0 Å². The first-order chi connectivity index (χ1) is 7.91. The van der Waals surface area contributed by atoms with Crippen LogP contribution in [0.2, 0.25) is 0 Å². The van der Waals surface area contributed by atoms with Crippen molar-refractivity contribution in [2.45, 2.75) is 59.8 Å². The van der Waals surface area contributed by atoms with E-state index < -0.39 is 0 Å². The van der Waals surface area contributed by atoms with Gasteiger partial charge in [-0.2, -0.15) is 5.10 Å². The molecular formula is C14H24N2O. The lowest BCUT2D eigenvalue weighted by Crippen LogP contribution is -2.34. The van der Waals surface area contributed by atoms with Crippen LogP contribution in [0.5, 0.6) is 0 Å². The van der Waals surface area contributed by atoms with E-state index in [0.717, 1.165) is 18.8 Å². The highest BCUT2D eigenvalue weighted by atomic mass is 16.2. The summed E-state index contributed by atoms with van der Waals surface area (Å²) < 4.78 is 0. The third-order valence-corrected chi connectivity index (χ3v) is 5.30. The van der Waals surface area contributed by atoms with Gasteiger partial charge < -0.3 is 0 Å². The molecule has 17 heavy (non-hydrogen) atoms. The van der Waals surface area contributed by atoms with Gasteiger partial charge in [-0.15, -0.1) is 0 Å². The molecule has 0 aromatic heterocycles. The fraction of sp³-hybridized carbons (Fsp3) is 0.857. The molecule has 0 aliphatic heterocycles. The van der Waals surface area contributed by atoms with Crippen LogP contribution in [-0.4, -0.2) is 11.6 Å². The van der Waals surface area contributed by atoms with E-state index in [9.17, 15) is 4.79 Å². The largest absolute Gasteiger partial charge is 0.273 e. The van der Waals surface area contributed by atoms with E-state index in [2.05, 4.69) is 31.3 Å². The van der Waals surface area contributed by atoms with Crippen molar-refractivity contribution in [3.05, 3.63) is 0 Å². The Morgan fingerprint density at radius 3 is 2.65 bits per heavy atom. The van der Waals surface area contributed by atoms with E-state index in [4.69, 9.17) is 0 Å². The molecule has 0 aromatic rings. The van der Waals surface area contributed by atoms with Crippen LogP contribution in [0.3, 0.4) is 0 Å². The van der Waals surface area contributed by atoms with Gasteiger partial charge in [-0.25, -0.2) is 5.43 Å². The first-order valence-corrected chi connectivity index (χ1v) is 6.77. The molecule has 1 amide bonds. The molecule has 96 valence electrons. The first kappa shape index (κ1) is 12.6. The van der Waals surface area contributed by atoms with Gasteiger partial charge in [0.2, 0.25) is 5.91 Å². The van der Waals surface area contributed by atoms with Gasteiger partial charge in [0.25, 0.3) is 0 Å². The van der Waals surface area contributed by atoms with Crippen LogP contribution in [0, 0.1) is 16.7 Å². The van der Waals surface area contributed by atoms with Crippen LogP contribution in [0.15, 0.2) is 5.10 Å². The molecule has 2 rings (SSSR count). The summed E-state index contributed by atoms with van der Waals surface area (Å²) in [6, 6.07) is 0. The van der Waals surface area contributed by atoms with E-state index in [-0.39, 0.29) is 11.3 Å². The SMILES string of the molecule is CCCC(=O)N/N=C1\C[C@H]2CC[C@]1(C)C2(C)C. The molecule has 0 heterocycles. The number of amides is 1. The van der Waals surface area contributed by atoms with Gasteiger partial charge >= 0.3 is 0 Å². The van der Waals surface area contributed by atoms with E-state index >= 15 is 0 Å². The summed E-state index contributed by atoms with van der Waals surface area (Å²) in [7, 11) is 0. The van der Waals surface area contributed by atoms with Gasteiger partial charge in [0.1, 0.15) is 0 Å². The second kappa shape index (κ2) is 4.11. The lowest BCUT2D eigenvalue weighted by Gasteiger charge is -2.34. The van der Waals surface area contributed by atoms with Gasteiger partial charge in [-0.05, 0) is 37.0 Å². The van der Waals surface area contributed by atoms with Crippen LogP contribution in [0.1, 0.15) is 59.8 Å². The minimum atomic E-state index is 0.0455. The number of carbonyl (C=O) groups is 1. The van der Waals surface area contributed by atoms with Gasteiger partial charge in [-0.1, -0.05) is 27.7 Å². The predicted molar refractivity (Wildman–Crippen MR) is 69.7 cm³/mol. The Bertz CT molecular complexity index is 359. The average molecular weight is 236 g/mol. The minimum Gasteiger partial charge on any atom is -0.273 e. The Morgan fingerprint density at radius 2 is 2.18 bits per heavy atom. The van der Waals surface area contributed by atoms with Crippen molar-refractivity contribution in [3.63, 3.8) is 0 Å². The molecule has 0 saturated heterocycles. The quantitative estimate of drug-likeness (QED) is 0.752. The molecule has 0 unspecified atom stereocenters. The maximum atomic E-state index is 11.5. The number of fused-ring (bicyclic) bond motifs is 2. The molecule has 3 heteroatoms. The summed E-state index contributed by atoms with van der Waals surface area (Å²) in [4.78, 5) is 11.5. The average Bonchev–Trinajstić information content (AvgIpc) is 2.59. The van der Waals surface area contributed by atoms with Crippen LogP contribution in [-0.2, 0) is 4.79 Å². The molecule has 0 radical (unpaired) electrons. The highest BCUT2D eigenvalue weighted by Crippen LogP contribution is 2.63. The molecular weight excluding hydrogens is 212 g/mol. The Labute approximate surface area is 104 Å². The molecule has 2 aliphatic rings. The van der Waals surface area contributed by atoms with Gasteiger partial charge in [0, 0.05) is 17.5 Å². The van der Waals surface area contributed by atoms with Gasteiger partial charge in [0.15, 0.2) is 0 Å². The summed E-state index contributed by atoms with van der Waals surface area (Å²) in [6.07, 6.45) is 5.04. The molecule has 2 bridgehead atoms. The predicted octanol–water partition coefficient (Wildman–Crippen LogP) is 3.10. The Kier molecular flexibility index (Phi) is 3.04. The summed E-state index contributed by atoms with van der Waals surface area (Å²) in [5.41, 5.74) is 4.46. The minimum absolute atomic E-state index is 0.0455. The van der Waals surface area contributed by atoms with Crippen molar-refractivity contribution in [1.29, 1.82) is 0 Å². The smallest absolute Gasteiger partial charge is 0.240 e. The monoisotopic (exact) mass is 236 g/mol. The van der Waals surface area contributed by atoms with Crippen molar-refractivity contribution in [1.82, 2.24) is 5.43 Å². The molecule has 2 atom stereocenters. The molecule has 3 nitrogen and oxygen atoms in total. The number of carbonyl (C=O) groups excluding carboxylic acids is 1. The maximum absolute atomic E-state index is 11.5. The highest BCUT2D eigenvalue weighted by molar-refractivity contribution is 5.95. The normalized spacial score (nSPS) is 36.5. The second-order valence-corrected chi connectivity index (χ2v) is 6.34. The third kappa shape index (κ3) is 1.80. The van der Waals surface area contributed by atoms with E-state index in [1.807, 2.05) is 6.92 Å². The summed E-state index contributed by atoms with van der Waals surface area (Å²) in [5, 5.41) is 4.41. The first-order valence-electron chi connectivity index (χ1n) is 6.77. The van der Waals surface area contributed by atoms with E-state index in [1.54, 1.807) is 0 Å². The number of rotatable bonds is 3. The van der Waals surface area contributed by atoms with Gasteiger partial charge in [-0.3, -0.25) is 4.79 Å². The lowest BCUT2D eigenvalue weighted by molar-refractivity contribution is -0.121. The van der Waals surface area contributed by atoms with Crippen molar-refractivity contribution in [2.75, 3.05) is 0 Å². The Hall–Kier alpha value is -0.860. The van der Waals surface area contributed by atoms with Crippen molar-refractivity contribution >= 4 is 11.6 Å².